The summed E-state index contributed by atoms with van der Waals surface area (Å²) in [6.45, 7) is 0. The normalized spacial score (nSPS) is 25.2. The van der Waals surface area contributed by atoms with E-state index in [0.717, 1.165) is 42.0 Å². The van der Waals surface area contributed by atoms with Crippen LogP contribution in [0.5, 0.6) is 0 Å². The van der Waals surface area contributed by atoms with Crippen LogP contribution in [0.15, 0.2) is 29.3 Å². The average Bonchev–Trinajstić information content (AvgIpc) is 2.99. The topological polar surface area (TPSA) is 36.1 Å². The van der Waals surface area contributed by atoms with Gasteiger partial charge in [-0.1, -0.05) is 23.7 Å². The number of hydrogen-bond acceptors (Lipinski definition) is 2. The molecule has 1 saturated carbocycles. The van der Waals surface area contributed by atoms with Gasteiger partial charge in [0.05, 0.1) is 17.5 Å². The van der Waals surface area contributed by atoms with Crippen molar-refractivity contribution in [3.05, 3.63) is 34.9 Å². The molecule has 0 unspecified atom stereocenters. The largest absolute Gasteiger partial charge is 0.284 e. The molecule has 0 saturated heterocycles. The first kappa shape index (κ1) is 10.8. The van der Waals surface area contributed by atoms with E-state index in [9.17, 15) is 5.26 Å². The predicted octanol–water partition coefficient (Wildman–Crippen LogP) is 3.60. The van der Waals surface area contributed by atoms with E-state index in [1.165, 1.54) is 0 Å². The Labute approximate surface area is 106 Å². The molecule has 3 rings (SSSR count). The van der Waals surface area contributed by atoms with E-state index < -0.39 is 0 Å². The molecule has 1 heterocycles. The van der Waals surface area contributed by atoms with Gasteiger partial charge in [-0.05, 0) is 43.4 Å². The Kier molecular flexibility index (Phi) is 2.45. The van der Waals surface area contributed by atoms with E-state index in [-0.39, 0.29) is 11.5 Å². The van der Waals surface area contributed by atoms with Crippen molar-refractivity contribution in [2.45, 2.75) is 31.7 Å². The van der Waals surface area contributed by atoms with E-state index >= 15 is 0 Å². The van der Waals surface area contributed by atoms with Crippen molar-refractivity contribution >= 4 is 17.3 Å². The number of rotatable bonds is 2. The lowest BCUT2D eigenvalue weighted by atomic mass is 9.96. The molecule has 3 heteroatoms. The molecule has 1 aliphatic carbocycles. The second kappa shape index (κ2) is 3.85. The molecular formula is C14H13ClN2. The first-order valence-electron chi connectivity index (χ1n) is 5.97. The van der Waals surface area contributed by atoms with Crippen LogP contribution in [-0.2, 0) is 0 Å². The minimum absolute atomic E-state index is 0.139. The summed E-state index contributed by atoms with van der Waals surface area (Å²) in [5, 5.41) is 9.92. The monoisotopic (exact) mass is 244 g/mol. The Hall–Kier alpha value is -1.33. The molecule has 0 bridgehead atoms. The lowest BCUT2D eigenvalue weighted by Crippen LogP contribution is -2.15. The van der Waals surface area contributed by atoms with Gasteiger partial charge in [0.15, 0.2) is 0 Å². The van der Waals surface area contributed by atoms with Crippen molar-refractivity contribution in [3.63, 3.8) is 0 Å². The van der Waals surface area contributed by atoms with Crippen LogP contribution in [0.3, 0.4) is 0 Å². The first-order valence-corrected chi connectivity index (χ1v) is 6.35. The number of hydrogen-bond donors (Lipinski definition) is 0. The Morgan fingerprint density at radius 3 is 2.88 bits per heavy atom. The van der Waals surface area contributed by atoms with Crippen LogP contribution in [0.1, 0.15) is 31.2 Å². The van der Waals surface area contributed by atoms with Crippen LogP contribution in [0, 0.1) is 16.7 Å². The quantitative estimate of drug-likeness (QED) is 0.783. The fourth-order valence-electron chi connectivity index (χ4n) is 2.53. The second-order valence-electron chi connectivity index (χ2n) is 4.91. The van der Waals surface area contributed by atoms with Gasteiger partial charge in [0, 0.05) is 10.7 Å². The summed E-state index contributed by atoms with van der Waals surface area (Å²) in [7, 11) is 0. The summed E-state index contributed by atoms with van der Waals surface area (Å²) in [6, 6.07) is 10.5. The third-order valence-corrected chi connectivity index (χ3v) is 4.01. The number of aliphatic imine (C=N–C) groups is 1. The Balaban J connectivity index is 1.87. The minimum Gasteiger partial charge on any atom is -0.284 e. The molecule has 1 aromatic carbocycles. The summed E-state index contributed by atoms with van der Waals surface area (Å²) in [5.74, 6) is 0. The van der Waals surface area contributed by atoms with Crippen LogP contribution < -0.4 is 0 Å². The van der Waals surface area contributed by atoms with Gasteiger partial charge in [-0.25, -0.2) is 0 Å². The summed E-state index contributed by atoms with van der Waals surface area (Å²) in [4.78, 5) is 4.74. The van der Waals surface area contributed by atoms with Gasteiger partial charge in [-0.2, -0.15) is 5.26 Å². The van der Waals surface area contributed by atoms with Crippen LogP contribution >= 0.6 is 11.6 Å². The zero-order valence-corrected chi connectivity index (χ0v) is 10.2. The van der Waals surface area contributed by atoms with E-state index in [4.69, 9.17) is 16.6 Å². The number of halogens is 1. The lowest BCUT2D eigenvalue weighted by Gasteiger charge is -2.10. The van der Waals surface area contributed by atoms with Crippen LogP contribution in [0.4, 0.5) is 0 Å². The number of benzene rings is 1. The van der Waals surface area contributed by atoms with Gasteiger partial charge in [-0.15, -0.1) is 0 Å². The highest BCUT2D eigenvalue weighted by atomic mass is 35.5. The van der Waals surface area contributed by atoms with Gasteiger partial charge in [-0.3, -0.25) is 4.99 Å². The molecule has 0 N–H and O–H groups in total. The molecule has 1 fully saturated rings. The van der Waals surface area contributed by atoms with Gasteiger partial charge in [0.1, 0.15) is 0 Å². The fourth-order valence-corrected chi connectivity index (χ4v) is 2.72. The smallest absolute Gasteiger partial charge is 0.0798 e. The molecule has 0 aromatic heterocycles. The molecule has 2 aliphatic rings. The molecule has 0 radical (unpaired) electrons. The van der Waals surface area contributed by atoms with Gasteiger partial charge in [0.25, 0.3) is 0 Å². The van der Waals surface area contributed by atoms with Gasteiger partial charge < -0.3 is 0 Å². The second-order valence-corrected chi connectivity index (χ2v) is 5.34. The highest BCUT2D eigenvalue weighted by molar-refractivity contribution is 6.31. The molecule has 0 amide bonds. The van der Waals surface area contributed by atoms with Gasteiger partial charge in [0.2, 0.25) is 0 Å². The van der Waals surface area contributed by atoms with E-state index in [2.05, 4.69) is 6.07 Å². The summed E-state index contributed by atoms with van der Waals surface area (Å²) in [6.07, 6.45) is 4.00. The highest BCUT2D eigenvalue weighted by Crippen LogP contribution is 2.52. The molecule has 86 valence electrons. The summed E-state index contributed by atoms with van der Waals surface area (Å²) < 4.78 is 0. The maximum Gasteiger partial charge on any atom is 0.0798 e. The lowest BCUT2D eigenvalue weighted by molar-refractivity contribution is 0.498. The Morgan fingerprint density at radius 1 is 1.41 bits per heavy atom. The van der Waals surface area contributed by atoms with E-state index in [1.807, 2.05) is 24.3 Å². The Bertz CT molecular complexity index is 523. The SMILES string of the molecule is N#CC1([C@H]2CCC(c3cccc(Cl)c3)=N2)CC1. The minimum atomic E-state index is -0.139. The molecule has 17 heavy (non-hydrogen) atoms. The zero-order chi connectivity index (χ0) is 11.9. The van der Waals surface area contributed by atoms with Crippen molar-refractivity contribution in [2.75, 3.05) is 0 Å². The van der Waals surface area contributed by atoms with Crippen molar-refractivity contribution < 1.29 is 0 Å². The molecule has 0 spiro atoms. The maximum absolute atomic E-state index is 9.18. The van der Waals surface area contributed by atoms with Crippen molar-refractivity contribution in [1.29, 1.82) is 5.26 Å². The molecule has 1 atom stereocenters. The van der Waals surface area contributed by atoms with Crippen LogP contribution in [0.25, 0.3) is 0 Å². The van der Waals surface area contributed by atoms with E-state index in [0.29, 0.717) is 0 Å². The van der Waals surface area contributed by atoms with Gasteiger partial charge >= 0.3 is 0 Å². The van der Waals surface area contributed by atoms with Crippen molar-refractivity contribution in [1.82, 2.24) is 0 Å². The number of nitriles is 1. The van der Waals surface area contributed by atoms with Crippen molar-refractivity contribution in [2.24, 2.45) is 10.4 Å². The zero-order valence-electron chi connectivity index (χ0n) is 9.49. The molecule has 1 aromatic rings. The summed E-state index contributed by atoms with van der Waals surface area (Å²) >= 11 is 5.98. The molecule has 1 aliphatic heterocycles. The van der Waals surface area contributed by atoms with Crippen LogP contribution in [0.2, 0.25) is 5.02 Å². The molecular weight excluding hydrogens is 232 g/mol. The third kappa shape index (κ3) is 1.85. The third-order valence-electron chi connectivity index (χ3n) is 3.77. The average molecular weight is 245 g/mol. The fraction of sp³-hybridized carbons (Fsp3) is 0.429. The highest BCUT2D eigenvalue weighted by Gasteiger charge is 2.51. The number of nitrogens with zero attached hydrogens (tertiary/aromatic N) is 2. The predicted molar refractivity (Wildman–Crippen MR) is 68.3 cm³/mol. The summed E-state index contributed by atoms with van der Waals surface area (Å²) in [5.41, 5.74) is 2.08. The van der Waals surface area contributed by atoms with Crippen molar-refractivity contribution in [3.8, 4) is 6.07 Å². The van der Waals surface area contributed by atoms with Crippen LogP contribution in [-0.4, -0.2) is 11.8 Å². The maximum atomic E-state index is 9.18. The first-order chi connectivity index (χ1) is 8.23. The Morgan fingerprint density at radius 2 is 2.24 bits per heavy atom. The standard InChI is InChI=1S/C14H13ClN2/c15-11-3-1-2-10(8-11)12-4-5-13(17-12)14(9-16)6-7-14/h1-3,8,13H,4-7H2/t13-/m1/s1. The van der Waals surface area contributed by atoms with E-state index in [1.54, 1.807) is 0 Å². The molecule has 2 nitrogen and oxygen atoms in total.